The predicted molar refractivity (Wildman–Crippen MR) is 110 cm³/mol. The van der Waals surface area contributed by atoms with Crippen molar-refractivity contribution in [2.75, 3.05) is 26.1 Å². The standard InChI is InChI=1S/C22H22F3N3O3/c1-29-18-11-6-14(13-19(18)30-2)20-17-5-3-4-12-26-21(17)28(27-20)15-7-9-16(10-8-15)31-22(23,24)25/h6-11,13,26H,3-5,12H2,1-2H3. The van der Waals surface area contributed by atoms with Gasteiger partial charge in [-0.25, -0.2) is 4.68 Å². The highest BCUT2D eigenvalue weighted by Gasteiger charge is 2.31. The molecule has 1 aliphatic rings. The van der Waals surface area contributed by atoms with Crippen LogP contribution in [-0.4, -0.2) is 36.9 Å². The summed E-state index contributed by atoms with van der Waals surface area (Å²) in [7, 11) is 3.15. The number of rotatable bonds is 5. The lowest BCUT2D eigenvalue weighted by molar-refractivity contribution is -0.274. The second kappa shape index (κ2) is 8.41. The molecule has 31 heavy (non-hydrogen) atoms. The van der Waals surface area contributed by atoms with Crippen LogP contribution in [0.1, 0.15) is 18.4 Å². The molecule has 4 rings (SSSR count). The maximum absolute atomic E-state index is 12.5. The van der Waals surface area contributed by atoms with Gasteiger partial charge in [0.25, 0.3) is 0 Å². The van der Waals surface area contributed by atoms with Gasteiger partial charge in [0.05, 0.1) is 25.6 Å². The van der Waals surface area contributed by atoms with Crippen molar-refractivity contribution in [2.45, 2.75) is 25.6 Å². The van der Waals surface area contributed by atoms with Crippen molar-refractivity contribution >= 4 is 5.82 Å². The Morgan fingerprint density at radius 3 is 2.39 bits per heavy atom. The number of alkyl halides is 3. The van der Waals surface area contributed by atoms with E-state index in [9.17, 15) is 13.2 Å². The second-order valence-corrected chi connectivity index (χ2v) is 7.08. The minimum absolute atomic E-state index is 0.275. The molecule has 6 nitrogen and oxygen atoms in total. The zero-order valence-electron chi connectivity index (χ0n) is 17.1. The number of benzene rings is 2. The summed E-state index contributed by atoms with van der Waals surface area (Å²) in [6, 6.07) is 11.3. The Morgan fingerprint density at radius 2 is 1.71 bits per heavy atom. The second-order valence-electron chi connectivity index (χ2n) is 7.08. The van der Waals surface area contributed by atoms with Crippen LogP contribution in [-0.2, 0) is 6.42 Å². The highest BCUT2D eigenvalue weighted by Crippen LogP contribution is 2.38. The summed E-state index contributed by atoms with van der Waals surface area (Å²) in [6.07, 6.45) is -1.88. The van der Waals surface area contributed by atoms with Gasteiger partial charge in [0.1, 0.15) is 11.6 Å². The highest BCUT2D eigenvalue weighted by atomic mass is 19.4. The lowest BCUT2D eigenvalue weighted by Crippen LogP contribution is -2.17. The summed E-state index contributed by atoms with van der Waals surface area (Å²) in [5.41, 5.74) is 3.35. The molecule has 3 aromatic rings. The zero-order chi connectivity index (χ0) is 22.0. The Labute approximate surface area is 177 Å². The van der Waals surface area contributed by atoms with Crippen LogP contribution in [0.15, 0.2) is 42.5 Å². The molecule has 1 N–H and O–H groups in total. The number of hydrogen-bond acceptors (Lipinski definition) is 5. The SMILES string of the molecule is COc1ccc(-c2nn(-c3ccc(OC(F)(F)F)cc3)c3c2CCCCN3)cc1OC. The fraction of sp³-hybridized carbons (Fsp3) is 0.318. The summed E-state index contributed by atoms with van der Waals surface area (Å²) in [6.45, 7) is 0.791. The van der Waals surface area contributed by atoms with E-state index in [2.05, 4.69) is 10.1 Å². The summed E-state index contributed by atoms with van der Waals surface area (Å²) < 4.78 is 53.9. The lowest BCUT2D eigenvalue weighted by atomic mass is 10.0. The monoisotopic (exact) mass is 433 g/mol. The van der Waals surface area contributed by atoms with Crippen LogP contribution in [0.25, 0.3) is 16.9 Å². The number of halogens is 3. The number of nitrogens with zero attached hydrogens (tertiary/aromatic N) is 2. The quantitative estimate of drug-likeness (QED) is 0.599. The van der Waals surface area contributed by atoms with Gasteiger partial charge < -0.3 is 19.5 Å². The zero-order valence-corrected chi connectivity index (χ0v) is 17.1. The van der Waals surface area contributed by atoms with E-state index in [4.69, 9.17) is 14.6 Å². The number of aromatic nitrogens is 2. The summed E-state index contributed by atoms with van der Waals surface area (Å²) in [5.74, 6) is 1.78. The Bertz CT molecular complexity index is 1060. The number of ether oxygens (including phenoxy) is 3. The smallest absolute Gasteiger partial charge is 0.493 e. The van der Waals surface area contributed by atoms with Gasteiger partial charge >= 0.3 is 6.36 Å². The number of anilines is 1. The van der Waals surface area contributed by atoms with Crippen LogP contribution in [0.3, 0.4) is 0 Å². The van der Waals surface area contributed by atoms with Gasteiger partial charge in [-0.1, -0.05) is 0 Å². The minimum atomic E-state index is -4.73. The third-order valence-electron chi connectivity index (χ3n) is 5.10. The molecular formula is C22H22F3N3O3. The first kappa shape index (κ1) is 20.9. The number of methoxy groups -OCH3 is 2. The molecular weight excluding hydrogens is 411 g/mol. The molecule has 0 saturated heterocycles. The molecule has 1 aromatic heterocycles. The number of nitrogens with one attached hydrogen (secondary N) is 1. The molecule has 9 heteroatoms. The molecule has 0 saturated carbocycles. The van der Waals surface area contributed by atoms with E-state index in [1.165, 1.54) is 12.1 Å². The maximum atomic E-state index is 12.5. The van der Waals surface area contributed by atoms with Gasteiger partial charge in [-0.3, -0.25) is 0 Å². The molecule has 0 aliphatic carbocycles. The van der Waals surface area contributed by atoms with Crippen molar-refractivity contribution in [1.82, 2.24) is 9.78 Å². The molecule has 2 heterocycles. The van der Waals surface area contributed by atoms with E-state index in [1.807, 2.05) is 18.2 Å². The Morgan fingerprint density at radius 1 is 0.968 bits per heavy atom. The number of hydrogen-bond donors (Lipinski definition) is 1. The minimum Gasteiger partial charge on any atom is -0.493 e. The van der Waals surface area contributed by atoms with E-state index in [-0.39, 0.29) is 5.75 Å². The molecule has 0 unspecified atom stereocenters. The molecule has 0 fully saturated rings. The van der Waals surface area contributed by atoms with E-state index < -0.39 is 6.36 Å². The first-order valence-electron chi connectivity index (χ1n) is 9.84. The summed E-state index contributed by atoms with van der Waals surface area (Å²) >= 11 is 0. The normalized spacial score (nSPS) is 13.7. The van der Waals surface area contributed by atoms with E-state index in [1.54, 1.807) is 31.0 Å². The van der Waals surface area contributed by atoms with Crippen LogP contribution in [0.2, 0.25) is 0 Å². The Balaban J connectivity index is 1.77. The van der Waals surface area contributed by atoms with Crippen molar-refractivity contribution in [3.63, 3.8) is 0 Å². The molecule has 0 spiro atoms. The molecule has 0 atom stereocenters. The van der Waals surface area contributed by atoms with Crippen LogP contribution in [0.5, 0.6) is 17.2 Å². The van der Waals surface area contributed by atoms with Crippen LogP contribution in [0, 0.1) is 0 Å². The maximum Gasteiger partial charge on any atom is 0.573 e. The molecule has 0 bridgehead atoms. The predicted octanol–water partition coefficient (Wildman–Crippen LogP) is 5.20. The van der Waals surface area contributed by atoms with Gasteiger partial charge in [-0.2, -0.15) is 5.10 Å². The molecule has 0 radical (unpaired) electrons. The van der Waals surface area contributed by atoms with Crippen molar-refractivity contribution in [2.24, 2.45) is 0 Å². The third-order valence-corrected chi connectivity index (χ3v) is 5.10. The third kappa shape index (κ3) is 4.40. The van der Waals surface area contributed by atoms with Crippen molar-refractivity contribution < 1.29 is 27.4 Å². The first-order chi connectivity index (χ1) is 14.9. The largest absolute Gasteiger partial charge is 0.573 e. The van der Waals surface area contributed by atoms with E-state index in [0.29, 0.717) is 17.2 Å². The van der Waals surface area contributed by atoms with Crippen molar-refractivity contribution in [3.05, 3.63) is 48.0 Å². The van der Waals surface area contributed by atoms with E-state index >= 15 is 0 Å². The van der Waals surface area contributed by atoms with Crippen molar-refractivity contribution in [3.8, 4) is 34.2 Å². The van der Waals surface area contributed by atoms with Crippen LogP contribution < -0.4 is 19.5 Å². The summed E-state index contributed by atoms with van der Waals surface area (Å²) in [5, 5.41) is 8.22. The average Bonchev–Trinajstić information content (AvgIpc) is 2.93. The summed E-state index contributed by atoms with van der Waals surface area (Å²) in [4.78, 5) is 0. The number of fused-ring (bicyclic) bond motifs is 1. The molecule has 0 amide bonds. The van der Waals surface area contributed by atoms with Gasteiger partial charge in [-0.15, -0.1) is 13.2 Å². The van der Waals surface area contributed by atoms with Crippen LogP contribution >= 0.6 is 0 Å². The Hall–Kier alpha value is -3.36. The topological polar surface area (TPSA) is 57.5 Å². The van der Waals surface area contributed by atoms with Crippen LogP contribution in [0.4, 0.5) is 19.0 Å². The first-order valence-corrected chi connectivity index (χ1v) is 9.84. The van der Waals surface area contributed by atoms with Gasteiger partial charge in [0.2, 0.25) is 0 Å². The fourth-order valence-electron chi connectivity index (χ4n) is 3.69. The fourth-order valence-corrected chi connectivity index (χ4v) is 3.69. The van der Waals surface area contributed by atoms with E-state index in [0.717, 1.165) is 48.4 Å². The van der Waals surface area contributed by atoms with Gasteiger partial charge in [0, 0.05) is 17.7 Å². The average molecular weight is 433 g/mol. The molecule has 1 aliphatic heterocycles. The Kier molecular flexibility index (Phi) is 5.67. The van der Waals surface area contributed by atoms with Gasteiger partial charge in [0.15, 0.2) is 11.5 Å². The highest BCUT2D eigenvalue weighted by molar-refractivity contribution is 5.73. The van der Waals surface area contributed by atoms with Gasteiger partial charge in [-0.05, 0) is 61.7 Å². The van der Waals surface area contributed by atoms with Crippen molar-refractivity contribution in [1.29, 1.82) is 0 Å². The lowest BCUT2D eigenvalue weighted by Gasteiger charge is -2.11. The molecule has 2 aromatic carbocycles. The molecule has 164 valence electrons.